The van der Waals surface area contributed by atoms with Crippen LogP contribution in [0.5, 0.6) is 0 Å². The van der Waals surface area contributed by atoms with Gasteiger partial charge in [0.05, 0.1) is 5.52 Å². The Morgan fingerprint density at radius 1 is 0.793 bits per heavy atom. The molecule has 1 N–H and O–H groups in total. The van der Waals surface area contributed by atoms with Crippen LogP contribution < -0.4 is 5.56 Å². The van der Waals surface area contributed by atoms with Crippen LogP contribution in [0.15, 0.2) is 77.9 Å². The summed E-state index contributed by atoms with van der Waals surface area (Å²) in [5.41, 5.74) is 2.81. The van der Waals surface area contributed by atoms with Gasteiger partial charge in [-0.05, 0) is 65.0 Å². The van der Waals surface area contributed by atoms with Gasteiger partial charge in [0.1, 0.15) is 11.6 Å². The first-order valence-corrected chi connectivity index (χ1v) is 9.24. The molecule has 0 atom stereocenters. The molecule has 4 nitrogen and oxygen atoms in total. The third kappa shape index (κ3) is 4.73. The number of halogens is 2. The molecule has 0 aliphatic heterocycles. The summed E-state index contributed by atoms with van der Waals surface area (Å²) >= 11 is 0. The van der Waals surface area contributed by atoms with Crippen LogP contribution in [0, 0.1) is 11.6 Å². The average molecular weight is 391 g/mol. The molecule has 0 aliphatic carbocycles. The van der Waals surface area contributed by atoms with Crippen molar-refractivity contribution in [1.29, 1.82) is 0 Å². The van der Waals surface area contributed by atoms with Gasteiger partial charge in [-0.1, -0.05) is 12.1 Å². The number of nitrogens with one attached hydrogen (secondary N) is 1. The van der Waals surface area contributed by atoms with E-state index < -0.39 is 5.82 Å². The SMILES string of the molecule is O=c1[nH]c2cc(F)ccc2cc1CN(Cc1ccncc1)Cc1ccc(F)cc1. The summed E-state index contributed by atoms with van der Waals surface area (Å²) in [7, 11) is 0. The zero-order valence-electron chi connectivity index (χ0n) is 15.6. The maximum absolute atomic E-state index is 13.4. The largest absolute Gasteiger partial charge is 0.322 e. The van der Waals surface area contributed by atoms with E-state index in [2.05, 4.69) is 14.9 Å². The first-order valence-electron chi connectivity index (χ1n) is 9.24. The minimum atomic E-state index is -0.392. The van der Waals surface area contributed by atoms with Crippen molar-refractivity contribution in [2.24, 2.45) is 0 Å². The minimum absolute atomic E-state index is 0.248. The number of nitrogens with zero attached hydrogens (tertiary/aromatic N) is 2. The standard InChI is InChI=1S/C23H19F2N3O/c24-20-4-1-16(2-5-20)13-28(14-17-7-9-26-10-8-17)15-19-11-18-3-6-21(25)12-22(18)27-23(19)29/h1-12H,13-15H2,(H,27,29). The van der Waals surface area contributed by atoms with E-state index in [1.54, 1.807) is 36.7 Å². The van der Waals surface area contributed by atoms with Crippen molar-refractivity contribution < 1.29 is 8.78 Å². The van der Waals surface area contributed by atoms with Gasteiger partial charge in [0.15, 0.2) is 0 Å². The van der Waals surface area contributed by atoms with E-state index in [1.165, 1.54) is 24.3 Å². The van der Waals surface area contributed by atoms with Crippen molar-refractivity contribution in [2.75, 3.05) is 0 Å². The summed E-state index contributed by atoms with van der Waals surface area (Å²) in [6.07, 6.45) is 3.45. The highest BCUT2D eigenvalue weighted by Crippen LogP contribution is 2.17. The topological polar surface area (TPSA) is 49.0 Å². The molecule has 2 heterocycles. The Labute approximate surface area is 166 Å². The Bertz CT molecular complexity index is 1170. The zero-order valence-corrected chi connectivity index (χ0v) is 15.6. The lowest BCUT2D eigenvalue weighted by Crippen LogP contribution is -2.26. The second kappa shape index (κ2) is 8.32. The number of hydrogen-bond donors (Lipinski definition) is 1. The minimum Gasteiger partial charge on any atom is -0.322 e. The van der Waals surface area contributed by atoms with E-state index in [-0.39, 0.29) is 11.4 Å². The summed E-state index contributed by atoms with van der Waals surface area (Å²) in [5, 5.41) is 0.770. The van der Waals surface area contributed by atoms with Crippen LogP contribution in [-0.2, 0) is 19.6 Å². The van der Waals surface area contributed by atoms with Crippen LogP contribution in [0.2, 0.25) is 0 Å². The molecule has 2 aromatic heterocycles. The number of aromatic amines is 1. The number of fused-ring (bicyclic) bond motifs is 1. The smallest absolute Gasteiger partial charge is 0.252 e. The first kappa shape index (κ1) is 19.0. The number of aromatic nitrogens is 2. The van der Waals surface area contributed by atoms with Crippen molar-refractivity contribution >= 4 is 10.9 Å². The maximum atomic E-state index is 13.4. The predicted octanol–water partition coefficient (Wildman–Crippen LogP) is 4.40. The second-order valence-electron chi connectivity index (χ2n) is 6.98. The first-order chi connectivity index (χ1) is 14.1. The third-order valence-electron chi connectivity index (χ3n) is 4.75. The number of rotatable bonds is 6. The van der Waals surface area contributed by atoms with Crippen LogP contribution in [0.1, 0.15) is 16.7 Å². The van der Waals surface area contributed by atoms with Gasteiger partial charge in [-0.2, -0.15) is 0 Å². The summed E-state index contributed by atoms with van der Waals surface area (Å²) in [5.74, 6) is -0.677. The van der Waals surface area contributed by atoms with Crippen molar-refractivity contribution in [3.05, 3.63) is 112 Å². The van der Waals surface area contributed by atoms with Gasteiger partial charge < -0.3 is 4.98 Å². The van der Waals surface area contributed by atoms with Gasteiger partial charge in [0.2, 0.25) is 0 Å². The van der Waals surface area contributed by atoms with Crippen molar-refractivity contribution in [3.63, 3.8) is 0 Å². The van der Waals surface area contributed by atoms with Gasteiger partial charge >= 0.3 is 0 Å². The lowest BCUT2D eigenvalue weighted by atomic mass is 10.1. The van der Waals surface area contributed by atoms with Crippen molar-refractivity contribution in [1.82, 2.24) is 14.9 Å². The fourth-order valence-corrected chi connectivity index (χ4v) is 3.34. The molecule has 0 bridgehead atoms. The van der Waals surface area contributed by atoms with Crippen LogP contribution in [0.25, 0.3) is 10.9 Å². The fraction of sp³-hybridized carbons (Fsp3) is 0.130. The summed E-state index contributed by atoms with van der Waals surface area (Å²) in [4.78, 5) is 21.5. The van der Waals surface area contributed by atoms with E-state index in [4.69, 9.17) is 0 Å². The van der Waals surface area contributed by atoms with Crippen LogP contribution in [0.3, 0.4) is 0 Å². The maximum Gasteiger partial charge on any atom is 0.252 e. The van der Waals surface area contributed by atoms with Gasteiger partial charge in [0, 0.05) is 37.6 Å². The summed E-state index contributed by atoms with van der Waals surface area (Å²) in [6.45, 7) is 1.53. The molecule has 0 saturated heterocycles. The number of hydrogen-bond acceptors (Lipinski definition) is 3. The molecule has 2 aromatic carbocycles. The highest BCUT2D eigenvalue weighted by atomic mass is 19.1. The van der Waals surface area contributed by atoms with Crippen LogP contribution in [-0.4, -0.2) is 14.9 Å². The molecule has 0 saturated carbocycles. The normalized spacial score (nSPS) is 11.3. The van der Waals surface area contributed by atoms with Gasteiger partial charge in [0.25, 0.3) is 5.56 Å². The van der Waals surface area contributed by atoms with Gasteiger partial charge in [-0.3, -0.25) is 14.7 Å². The Morgan fingerprint density at radius 2 is 1.45 bits per heavy atom. The van der Waals surface area contributed by atoms with Gasteiger partial charge in [-0.15, -0.1) is 0 Å². The Balaban J connectivity index is 1.64. The van der Waals surface area contributed by atoms with E-state index >= 15 is 0 Å². The lowest BCUT2D eigenvalue weighted by Gasteiger charge is -2.22. The number of benzene rings is 2. The molecule has 0 aliphatic rings. The monoisotopic (exact) mass is 391 g/mol. The molecule has 29 heavy (non-hydrogen) atoms. The molecule has 0 unspecified atom stereocenters. The fourth-order valence-electron chi connectivity index (χ4n) is 3.34. The van der Waals surface area contributed by atoms with Crippen LogP contribution in [0.4, 0.5) is 8.78 Å². The molecule has 0 fully saturated rings. The summed E-state index contributed by atoms with van der Waals surface area (Å²) in [6, 6.07) is 16.3. The average Bonchev–Trinajstić information content (AvgIpc) is 2.71. The lowest BCUT2D eigenvalue weighted by molar-refractivity contribution is 0.246. The number of pyridine rings is 2. The molecule has 0 amide bonds. The summed E-state index contributed by atoms with van der Waals surface area (Å²) < 4.78 is 26.7. The van der Waals surface area contributed by atoms with E-state index in [9.17, 15) is 13.6 Å². The molecule has 0 radical (unpaired) electrons. The van der Waals surface area contributed by atoms with E-state index in [1.807, 2.05) is 12.1 Å². The highest BCUT2D eigenvalue weighted by Gasteiger charge is 2.12. The molecule has 6 heteroatoms. The zero-order chi connectivity index (χ0) is 20.2. The van der Waals surface area contributed by atoms with Crippen molar-refractivity contribution in [3.8, 4) is 0 Å². The Morgan fingerprint density at radius 3 is 2.17 bits per heavy atom. The molecular weight excluding hydrogens is 372 g/mol. The molecule has 4 aromatic rings. The number of H-pyrrole nitrogens is 1. The van der Waals surface area contributed by atoms with Gasteiger partial charge in [-0.25, -0.2) is 8.78 Å². The van der Waals surface area contributed by atoms with E-state index in [0.29, 0.717) is 30.7 Å². The predicted molar refractivity (Wildman–Crippen MR) is 108 cm³/mol. The van der Waals surface area contributed by atoms with Crippen molar-refractivity contribution in [2.45, 2.75) is 19.6 Å². The molecular formula is C23H19F2N3O. The van der Waals surface area contributed by atoms with E-state index in [0.717, 1.165) is 16.5 Å². The molecule has 0 spiro atoms. The quantitative estimate of drug-likeness (QED) is 0.530. The third-order valence-corrected chi connectivity index (χ3v) is 4.75. The Kier molecular flexibility index (Phi) is 5.44. The Hall–Kier alpha value is -3.38. The molecule has 146 valence electrons. The van der Waals surface area contributed by atoms with Crippen LogP contribution >= 0.6 is 0 Å². The second-order valence-corrected chi connectivity index (χ2v) is 6.98. The highest BCUT2D eigenvalue weighted by molar-refractivity contribution is 5.78. The molecule has 4 rings (SSSR count).